The van der Waals surface area contributed by atoms with Crippen molar-refractivity contribution in [1.82, 2.24) is 9.88 Å². The van der Waals surface area contributed by atoms with E-state index in [1.807, 2.05) is 24.8 Å². The average Bonchev–Trinajstić information content (AvgIpc) is 3.05. The van der Waals surface area contributed by atoms with Crippen LogP contribution in [0, 0.1) is 13.8 Å². The quantitative estimate of drug-likeness (QED) is 0.865. The summed E-state index contributed by atoms with van der Waals surface area (Å²) in [4.78, 5) is 22.4. The van der Waals surface area contributed by atoms with E-state index in [0.717, 1.165) is 44.0 Å². The molecule has 5 heteroatoms. The molecule has 2 aromatic heterocycles. The number of rotatable bonds is 4. The van der Waals surface area contributed by atoms with Gasteiger partial charge in [0.15, 0.2) is 0 Å². The molecule has 0 unspecified atom stereocenters. The topological polar surface area (TPSA) is 36.4 Å². The molecule has 1 aliphatic heterocycles. The Balaban J connectivity index is 1.52. The van der Waals surface area contributed by atoms with Crippen molar-refractivity contribution in [1.29, 1.82) is 0 Å². The monoisotopic (exact) mass is 329 g/mol. The molecule has 0 spiro atoms. The molecule has 1 fully saturated rings. The van der Waals surface area contributed by atoms with Gasteiger partial charge in [-0.15, -0.1) is 11.3 Å². The van der Waals surface area contributed by atoms with Crippen LogP contribution in [-0.4, -0.2) is 42.0 Å². The number of anilines is 1. The number of aryl methyl sites for hydroxylation is 3. The molecular formula is C18H23N3OS. The first kappa shape index (κ1) is 16.0. The third-order valence-corrected chi connectivity index (χ3v) is 5.17. The molecule has 0 bridgehead atoms. The molecule has 4 nitrogen and oxygen atoms in total. The summed E-state index contributed by atoms with van der Waals surface area (Å²) in [6.45, 7) is 7.47. The molecule has 0 radical (unpaired) electrons. The predicted molar refractivity (Wildman–Crippen MR) is 95.1 cm³/mol. The first-order valence-electron chi connectivity index (χ1n) is 8.12. The number of hydrogen-bond acceptors (Lipinski definition) is 4. The van der Waals surface area contributed by atoms with E-state index < -0.39 is 0 Å². The highest BCUT2D eigenvalue weighted by Crippen LogP contribution is 2.19. The molecule has 122 valence electrons. The number of thiophene rings is 1. The van der Waals surface area contributed by atoms with E-state index in [0.29, 0.717) is 6.42 Å². The van der Waals surface area contributed by atoms with Crippen LogP contribution in [0.15, 0.2) is 29.6 Å². The molecular weight excluding hydrogens is 306 g/mol. The van der Waals surface area contributed by atoms with Crippen LogP contribution in [0.5, 0.6) is 0 Å². The lowest BCUT2D eigenvalue weighted by Gasteiger charge is -2.36. The molecule has 1 amide bonds. The summed E-state index contributed by atoms with van der Waals surface area (Å²) in [6.07, 6.45) is 1.48. The molecule has 1 saturated heterocycles. The predicted octanol–water partition coefficient (Wildman–Crippen LogP) is 3.04. The van der Waals surface area contributed by atoms with Crippen LogP contribution in [0.25, 0.3) is 0 Å². The Labute approximate surface area is 141 Å². The lowest BCUT2D eigenvalue weighted by Crippen LogP contribution is -2.48. The Bertz CT molecular complexity index is 641. The van der Waals surface area contributed by atoms with Crippen molar-refractivity contribution in [3.05, 3.63) is 45.9 Å². The van der Waals surface area contributed by atoms with Gasteiger partial charge in [-0.2, -0.15) is 0 Å². The number of amides is 1. The number of carbonyl (C=O) groups excluding carboxylic acids is 1. The Morgan fingerprint density at radius 1 is 1.17 bits per heavy atom. The maximum absolute atomic E-state index is 12.3. The van der Waals surface area contributed by atoms with Crippen LogP contribution in [0.3, 0.4) is 0 Å². The molecule has 0 atom stereocenters. The Morgan fingerprint density at radius 3 is 2.48 bits per heavy atom. The van der Waals surface area contributed by atoms with Crippen LogP contribution >= 0.6 is 11.3 Å². The lowest BCUT2D eigenvalue weighted by molar-refractivity contribution is -0.131. The minimum absolute atomic E-state index is 0.278. The molecule has 0 N–H and O–H groups in total. The van der Waals surface area contributed by atoms with Crippen LogP contribution in [-0.2, 0) is 11.2 Å². The van der Waals surface area contributed by atoms with Gasteiger partial charge in [-0.3, -0.25) is 9.78 Å². The van der Waals surface area contributed by atoms with Gasteiger partial charge in [0.05, 0.1) is 0 Å². The summed E-state index contributed by atoms with van der Waals surface area (Å²) in [7, 11) is 0. The molecule has 3 heterocycles. The first-order valence-corrected chi connectivity index (χ1v) is 9.00. The highest BCUT2D eigenvalue weighted by atomic mass is 32.1. The van der Waals surface area contributed by atoms with Crippen molar-refractivity contribution >= 4 is 22.9 Å². The van der Waals surface area contributed by atoms with Gasteiger partial charge in [0.2, 0.25) is 5.91 Å². The van der Waals surface area contributed by atoms with Crippen molar-refractivity contribution in [3.63, 3.8) is 0 Å². The molecule has 3 rings (SSSR count). The molecule has 1 aliphatic rings. The van der Waals surface area contributed by atoms with Crippen molar-refractivity contribution in [3.8, 4) is 0 Å². The van der Waals surface area contributed by atoms with Gasteiger partial charge in [0, 0.05) is 54.6 Å². The summed E-state index contributed by atoms with van der Waals surface area (Å²) >= 11 is 1.73. The van der Waals surface area contributed by atoms with E-state index in [1.54, 1.807) is 11.3 Å². The smallest absolute Gasteiger partial charge is 0.223 e. The highest BCUT2D eigenvalue weighted by molar-refractivity contribution is 7.09. The third kappa shape index (κ3) is 4.10. The summed E-state index contributed by atoms with van der Waals surface area (Å²) in [6, 6.07) is 8.40. The lowest BCUT2D eigenvalue weighted by atomic mass is 10.2. The highest BCUT2D eigenvalue weighted by Gasteiger charge is 2.21. The Morgan fingerprint density at radius 2 is 1.87 bits per heavy atom. The number of hydrogen-bond donors (Lipinski definition) is 0. The van der Waals surface area contributed by atoms with Gasteiger partial charge in [0.1, 0.15) is 0 Å². The van der Waals surface area contributed by atoms with Crippen LogP contribution in [0.2, 0.25) is 0 Å². The maximum atomic E-state index is 12.3. The fourth-order valence-electron chi connectivity index (χ4n) is 3.05. The number of aromatic nitrogens is 1. The Hall–Kier alpha value is -1.88. The largest absolute Gasteiger partial charge is 0.368 e. The first-order chi connectivity index (χ1) is 11.1. The second-order valence-corrected chi connectivity index (χ2v) is 7.09. The zero-order valence-corrected chi connectivity index (χ0v) is 14.6. The third-order valence-electron chi connectivity index (χ3n) is 4.23. The summed E-state index contributed by atoms with van der Waals surface area (Å²) < 4.78 is 0. The summed E-state index contributed by atoms with van der Waals surface area (Å²) in [5, 5.41) is 2.07. The second kappa shape index (κ2) is 7.13. The standard InChI is InChI=1S/C18H23N3OS/c1-14-12-16(13-15(2)19-14)20-7-9-21(10-8-20)18(22)6-5-17-4-3-11-23-17/h3-4,11-13H,5-10H2,1-2H3. The van der Waals surface area contributed by atoms with Gasteiger partial charge in [-0.05, 0) is 43.8 Å². The SMILES string of the molecule is Cc1cc(N2CCN(C(=O)CCc3cccs3)CC2)cc(C)n1. The van der Waals surface area contributed by atoms with E-state index in [-0.39, 0.29) is 5.91 Å². The van der Waals surface area contributed by atoms with E-state index in [1.165, 1.54) is 10.6 Å². The van der Waals surface area contributed by atoms with E-state index in [9.17, 15) is 4.79 Å². The number of piperazine rings is 1. The van der Waals surface area contributed by atoms with Crippen molar-refractivity contribution < 1.29 is 4.79 Å². The number of carbonyl (C=O) groups is 1. The minimum atomic E-state index is 0.278. The van der Waals surface area contributed by atoms with Gasteiger partial charge in [0.25, 0.3) is 0 Å². The zero-order chi connectivity index (χ0) is 16.2. The molecule has 0 aromatic carbocycles. The number of pyridine rings is 1. The van der Waals surface area contributed by atoms with Crippen LogP contribution < -0.4 is 4.90 Å². The van der Waals surface area contributed by atoms with Gasteiger partial charge < -0.3 is 9.80 Å². The molecule has 2 aromatic rings. The van der Waals surface area contributed by atoms with E-state index >= 15 is 0 Å². The van der Waals surface area contributed by atoms with Crippen molar-refractivity contribution in [2.75, 3.05) is 31.1 Å². The normalized spacial score (nSPS) is 15.0. The van der Waals surface area contributed by atoms with Gasteiger partial charge in [-0.25, -0.2) is 0 Å². The average molecular weight is 329 g/mol. The second-order valence-electron chi connectivity index (χ2n) is 6.06. The van der Waals surface area contributed by atoms with Crippen LogP contribution in [0.4, 0.5) is 5.69 Å². The van der Waals surface area contributed by atoms with E-state index in [2.05, 4.69) is 33.5 Å². The molecule has 0 aliphatic carbocycles. The van der Waals surface area contributed by atoms with Gasteiger partial charge in [-0.1, -0.05) is 6.07 Å². The van der Waals surface area contributed by atoms with Crippen molar-refractivity contribution in [2.24, 2.45) is 0 Å². The molecule has 0 saturated carbocycles. The number of nitrogens with zero attached hydrogens (tertiary/aromatic N) is 3. The molecule has 23 heavy (non-hydrogen) atoms. The fraction of sp³-hybridized carbons (Fsp3) is 0.444. The maximum Gasteiger partial charge on any atom is 0.223 e. The van der Waals surface area contributed by atoms with Crippen LogP contribution in [0.1, 0.15) is 22.7 Å². The van der Waals surface area contributed by atoms with E-state index in [4.69, 9.17) is 0 Å². The fourth-order valence-corrected chi connectivity index (χ4v) is 3.76. The summed E-state index contributed by atoms with van der Waals surface area (Å²) in [5.41, 5.74) is 3.32. The Kier molecular flexibility index (Phi) is 4.96. The zero-order valence-electron chi connectivity index (χ0n) is 13.8. The minimum Gasteiger partial charge on any atom is -0.368 e. The van der Waals surface area contributed by atoms with Gasteiger partial charge >= 0.3 is 0 Å². The van der Waals surface area contributed by atoms with Crippen molar-refractivity contribution in [2.45, 2.75) is 26.7 Å². The summed E-state index contributed by atoms with van der Waals surface area (Å²) in [5.74, 6) is 0.278.